The average molecular weight is 354 g/mol. The summed E-state index contributed by atoms with van der Waals surface area (Å²) < 4.78 is 0.818. The Morgan fingerprint density at radius 3 is 2.87 bits per heavy atom. The molecule has 1 saturated heterocycles. The van der Waals surface area contributed by atoms with Gasteiger partial charge in [-0.15, -0.1) is 11.3 Å². The number of carbonyl (C=O) groups is 1. The maximum Gasteiger partial charge on any atom is 0.274 e. The summed E-state index contributed by atoms with van der Waals surface area (Å²) in [5.41, 5.74) is 2.22. The minimum absolute atomic E-state index is 0.0249. The maximum atomic E-state index is 12.0. The molecule has 1 aliphatic heterocycles. The molecular formula is C9H10Br2N2OS. The van der Waals surface area contributed by atoms with Crippen molar-refractivity contribution in [2.45, 2.75) is 11.8 Å². The molecular weight excluding hydrogens is 344 g/mol. The van der Waals surface area contributed by atoms with E-state index in [0.717, 1.165) is 16.9 Å². The van der Waals surface area contributed by atoms with Crippen molar-refractivity contribution in [1.82, 2.24) is 9.88 Å². The number of rotatable bonds is 1. The number of aromatic nitrogens is 1. The van der Waals surface area contributed by atoms with Crippen LogP contribution in [0.3, 0.4) is 0 Å². The number of amides is 1. The lowest BCUT2D eigenvalue weighted by molar-refractivity contribution is 0.0782. The summed E-state index contributed by atoms with van der Waals surface area (Å²) in [5, 5.41) is 0. The van der Waals surface area contributed by atoms with E-state index in [0.29, 0.717) is 16.4 Å². The van der Waals surface area contributed by atoms with Gasteiger partial charge in [-0.3, -0.25) is 4.79 Å². The van der Waals surface area contributed by atoms with Crippen LogP contribution in [0.5, 0.6) is 0 Å². The molecule has 1 aliphatic rings. The summed E-state index contributed by atoms with van der Waals surface area (Å²) in [6.07, 6.45) is 0. The third kappa shape index (κ3) is 2.26. The molecule has 15 heavy (non-hydrogen) atoms. The van der Waals surface area contributed by atoms with Crippen molar-refractivity contribution >= 4 is 49.1 Å². The number of nitrogens with zero attached hydrogens (tertiary/aromatic N) is 2. The predicted octanol–water partition coefficient (Wildman–Crippen LogP) is 2.76. The number of carbonyl (C=O) groups excluding carboxylic acids is 1. The van der Waals surface area contributed by atoms with E-state index in [4.69, 9.17) is 0 Å². The summed E-state index contributed by atoms with van der Waals surface area (Å²) in [4.78, 5) is 18.4. The van der Waals surface area contributed by atoms with E-state index in [1.54, 1.807) is 5.51 Å². The van der Waals surface area contributed by atoms with E-state index in [-0.39, 0.29) is 5.91 Å². The number of likely N-dealkylation sites (tertiary alicyclic amines) is 1. The molecule has 1 fully saturated rings. The number of thiazole rings is 1. The highest BCUT2D eigenvalue weighted by molar-refractivity contribution is 9.11. The fraction of sp³-hybridized carbons (Fsp3) is 0.556. The molecule has 1 aromatic heterocycles. The fourth-order valence-electron chi connectivity index (χ4n) is 1.61. The Morgan fingerprint density at radius 2 is 2.40 bits per heavy atom. The third-order valence-corrected chi connectivity index (χ3v) is 5.27. The molecule has 2 heterocycles. The van der Waals surface area contributed by atoms with E-state index in [2.05, 4.69) is 43.8 Å². The van der Waals surface area contributed by atoms with Gasteiger partial charge in [0.25, 0.3) is 5.91 Å². The molecule has 0 aliphatic carbocycles. The van der Waals surface area contributed by atoms with Crippen molar-refractivity contribution in [1.29, 1.82) is 0 Å². The SMILES string of the molecule is CC1CN(C(=O)c2ncsc2Br)CC1Br. The molecule has 1 amide bonds. The van der Waals surface area contributed by atoms with Crippen LogP contribution in [0.1, 0.15) is 17.4 Å². The third-order valence-electron chi connectivity index (χ3n) is 2.53. The molecule has 0 radical (unpaired) electrons. The van der Waals surface area contributed by atoms with Gasteiger partial charge in [-0.05, 0) is 21.8 Å². The Labute approximate surface area is 109 Å². The Balaban J connectivity index is 2.13. The summed E-state index contributed by atoms with van der Waals surface area (Å²) in [7, 11) is 0. The van der Waals surface area contributed by atoms with Crippen LogP contribution in [0.25, 0.3) is 0 Å². The molecule has 0 aromatic carbocycles. The first-order valence-corrected chi connectivity index (χ1v) is 7.20. The van der Waals surface area contributed by atoms with Gasteiger partial charge in [0.15, 0.2) is 5.69 Å². The smallest absolute Gasteiger partial charge is 0.274 e. The van der Waals surface area contributed by atoms with Crippen molar-refractivity contribution in [2.24, 2.45) is 5.92 Å². The van der Waals surface area contributed by atoms with Crippen molar-refractivity contribution in [3.8, 4) is 0 Å². The first kappa shape index (κ1) is 11.5. The van der Waals surface area contributed by atoms with Gasteiger partial charge >= 0.3 is 0 Å². The lowest BCUT2D eigenvalue weighted by Crippen LogP contribution is -2.29. The normalized spacial score (nSPS) is 25.9. The van der Waals surface area contributed by atoms with E-state index in [1.165, 1.54) is 11.3 Å². The van der Waals surface area contributed by atoms with Gasteiger partial charge in [0.2, 0.25) is 0 Å². The number of alkyl halides is 1. The Morgan fingerprint density at radius 1 is 1.67 bits per heavy atom. The lowest BCUT2D eigenvalue weighted by atomic mass is 10.2. The first-order chi connectivity index (χ1) is 7.09. The highest BCUT2D eigenvalue weighted by Gasteiger charge is 2.32. The molecule has 1 aromatic rings. The van der Waals surface area contributed by atoms with Gasteiger partial charge in [0.1, 0.15) is 3.79 Å². The fourth-order valence-corrected chi connectivity index (χ4v) is 3.16. The van der Waals surface area contributed by atoms with Crippen LogP contribution in [0.4, 0.5) is 0 Å². The zero-order valence-corrected chi connectivity index (χ0v) is 12.1. The second-order valence-electron chi connectivity index (χ2n) is 3.68. The predicted molar refractivity (Wildman–Crippen MR) is 67.6 cm³/mol. The van der Waals surface area contributed by atoms with E-state index < -0.39 is 0 Å². The minimum Gasteiger partial charge on any atom is -0.336 e. The molecule has 0 saturated carbocycles. The zero-order chi connectivity index (χ0) is 11.0. The van der Waals surface area contributed by atoms with E-state index in [1.807, 2.05) is 4.90 Å². The summed E-state index contributed by atoms with van der Waals surface area (Å²) >= 11 is 8.35. The van der Waals surface area contributed by atoms with Crippen molar-refractivity contribution < 1.29 is 4.79 Å². The first-order valence-electron chi connectivity index (χ1n) is 4.62. The van der Waals surface area contributed by atoms with Crippen LogP contribution in [0, 0.1) is 5.92 Å². The Hall–Kier alpha value is 0.0600. The van der Waals surface area contributed by atoms with Crippen LogP contribution in [0.15, 0.2) is 9.30 Å². The molecule has 2 rings (SSSR count). The van der Waals surface area contributed by atoms with Crippen LogP contribution < -0.4 is 0 Å². The number of halogens is 2. The van der Waals surface area contributed by atoms with E-state index >= 15 is 0 Å². The molecule has 82 valence electrons. The molecule has 0 bridgehead atoms. The molecule has 0 N–H and O–H groups in total. The van der Waals surface area contributed by atoms with Crippen LogP contribution in [0.2, 0.25) is 0 Å². The molecule has 2 atom stereocenters. The highest BCUT2D eigenvalue weighted by Crippen LogP contribution is 2.27. The number of hydrogen-bond donors (Lipinski definition) is 0. The van der Waals surface area contributed by atoms with Gasteiger partial charge in [-0.2, -0.15) is 0 Å². The molecule has 0 spiro atoms. The van der Waals surface area contributed by atoms with Crippen LogP contribution in [-0.2, 0) is 0 Å². The Bertz CT molecular complexity index is 372. The second-order valence-corrected chi connectivity index (χ2v) is 7.03. The van der Waals surface area contributed by atoms with E-state index in [9.17, 15) is 4.79 Å². The quantitative estimate of drug-likeness (QED) is 0.727. The van der Waals surface area contributed by atoms with Crippen LogP contribution in [-0.4, -0.2) is 33.7 Å². The Kier molecular flexibility index (Phi) is 3.47. The lowest BCUT2D eigenvalue weighted by Gasteiger charge is -2.14. The van der Waals surface area contributed by atoms with Crippen molar-refractivity contribution in [3.63, 3.8) is 0 Å². The highest BCUT2D eigenvalue weighted by atomic mass is 79.9. The van der Waals surface area contributed by atoms with Gasteiger partial charge in [0, 0.05) is 17.9 Å². The second kappa shape index (κ2) is 4.51. The maximum absolute atomic E-state index is 12.0. The molecule has 2 unspecified atom stereocenters. The van der Waals surface area contributed by atoms with Crippen molar-refractivity contribution in [3.05, 3.63) is 15.0 Å². The monoisotopic (exact) mass is 352 g/mol. The molecule has 3 nitrogen and oxygen atoms in total. The standard InChI is InChI=1S/C9H10Br2N2OS/c1-5-2-13(3-6(5)10)9(14)7-8(11)15-4-12-7/h4-6H,2-3H2,1H3. The van der Waals surface area contributed by atoms with Gasteiger partial charge in [-0.1, -0.05) is 22.9 Å². The summed E-state index contributed by atoms with van der Waals surface area (Å²) in [6, 6.07) is 0. The zero-order valence-electron chi connectivity index (χ0n) is 8.11. The van der Waals surface area contributed by atoms with Crippen molar-refractivity contribution in [2.75, 3.05) is 13.1 Å². The molecule has 6 heteroatoms. The summed E-state index contributed by atoms with van der Waals surface area (Å²) in [5.74, 6) is 0.531. The minimum atomic E-state index is 0.0249. The van der Waals surface area contributed by atoms with Gasteiger partial charge < -0.3 is 4.90 Å². The number of hydrogen-bond acceptors (Lipinski definition) is 3. The van der Waals surface area contributed by atoms with Gasteiger partial charge in [0.05, 0.1) is 5.51 Å². The summed E-state index contributed by atoms with van der Waals surface area (Å²) in [6.45, 7) is 3.71. The van der Waals surface area contributed by atoms with Crippen LogP contribution >= 0.6 is 43.2 Å². The topological polar surface area (TPSA) is 33.2 Å². The largest absolute Gasteiger partial charge is 0.336 e. The average Bonchev–Trinajstić information content (AvgIpc) is 2.74. The van der Waals surface area contributed by atoms with Gasteiger partial charge in [-0.25, -0.2) is 4.98 Å².